The van der Waals surface area contributed by atoms with Crippen molar-refractivity contribution in [1.29, 1.82) is 0 Å². The molecule has 19 heavy (non-hydrogen) atoms. The Morgan fingerprint density at radius 3 is 2.74 bits per heavy atom. The Kier molecular flexibility index (Phi) is 3.13. The molecule has 0 unspecified atom stereocenters. The average Bonchev–Trinajstić information content (AvgIpc) is 3.01. The third kappa shape index (κ3) is 2.42. The molecule has 1 amide bonds. The van der Waals surface area contributed by atoms with Gasteiger partial charge in [-0.15, -0.1) is 0 Å². The number of rotatable bonds is 2. The SMILES string of the molecule is Cc1ccc(C(=O)N/N=C2\C[C@H]3CC[C@H]2C3)cc1C. The molecule has 2 fully saturated rings. The first-order valence-electron chi connectivity index (χ1n) is 7.07. The van der Waals surface area contributed by atoms with E-state index in [4.69, 9.17) is 0 Å². The van der Waals surface area contributed by atoms with E-state index in [0.717, 1.165) is 17.9 Å². The van der Waals surface area contributed by atoms with E-state index in [1.165, 1.54) is 30.5 Å². The van der Waals surface area contributed by atoms with Gasteiger partial charge in [-0.25, -0.2) is 5.43 Å². The smallest absolute Gasteiger partial charge is 0.267 e. The first kappa shape index (κ1) is 12.4. The van der Waals surface area contributed by atoms with E-state index in [1.807, 2.05) is 32.0 Å². The number of amides is 1. The molecule has 2 atom stereocenters. The second-order valence-electron chi connectivity index (χ2n) is 5.92. The molecular formula is C16H20N2O. The Balaban J connectivity index is 1.68. The Hall–Kier alpha value is -1.64. The number of fused-ring (bicyclic) bond motifs is 2. The zero-order chi connectivity index (χ0) is 13.4. The van der Waals surface area contributed by atoms with Gasteiger partial charge in [0.25, 0.3) is 5.91 Å². The lowest BCUT2D eigenvalue weighted by Gasteiger charge is -2.11. The van der Waals surface area contributed by atoms with E-state index in [-0.39, 0.29) is 5.91 Å². The summed E-state index contributed by atoms with van der Waals surface area (Å²) in [5, 5.41) is 4.35. The minimum absolute atomic E-state index is 0.0987. The van der Waals surface area contributed by atoms with Gasteiger partial charge in [0.2, 0.25) is 0 Å². The molecule has 0 aliphatic heterocycles. The number of hydrazone groups is 1. The van der Waals surface area contributed by atoms with E-state index >= 15 is 0 Å². The van der Waals surface area contributed by atoms with Crippen LogP contribution in [0.2, 0.25) is 0 Å². The third-order valence-electron chi connectivity index (χ3n) is 4.58. The van der Waals surface area contributed by atoms with E-state index in [0.29, 0.717) is 11.5 Å². The predicted octanol–water partition coefficient (Wildman–Crippen LogP) is 3.21. The summed E-state index contributed by atoms with van der Waals surface area (Å²) in [7, 11) is 0. The van der Waals surface area contributed by atoms with Crippen LogP contribution < -0.4 is 5.43 Å². The van der Waals surface area contributed by atoms with Crippen molar-refractivity contribution in [2.24, 2.45) is 16.9 Å². The molecule has 2 saturated carbocycles. The zero-order valence-electron chi connectivity index (χ0n) is 11.6. The first-order chi connectivity index (χ1) is 9.13. The van der Waals surface area contributed by atoms with Crippen molar-refractivity contribution in [2.75, 3.05) is 0 Å². The number of hydrogen-bond acceptors (Lipinski definition) is 2. The molecule has 1 N–H and O–H groups in total. The topological polar surface area (TPSA) is 41.5 Å². The van der Waals surface area contributed by atoms with Crippen LogP contribution in [-0.4, -0.2) is 11.6 Å². The van der Waals surface area contributed by atoms with Crippen LogP contribution in [0.5, 0.6) is 0 Å². The minimum atomic E-state index is -0.0987. The standard InChI is InChI=1S/C16H20N2O/c1-10-3-5-14(7-11(10)2)16(19)18-17-15-9-12-4-6-13(15)8-12/h3,5,7,12-13H,4,6,8-9H2,1-2H3,(H,18,19)/b17-15+/t12-,13-/m0/s1. The van der Waals surface area contributed by atoms with Crippen molar-refractivity contribution in [3.05, 3.63) is 34.9 Å². The summed E-state index contributed by atoms with van der Waals surface area (Å²) < 4.78 is 0. The summed E-state index contributed by atoms with van der Waals surface area (Å²) in [4.78, 5) is 12.1. The van der Waals surface area contributed by atoms with Gasteiger partial charge in [-0.05, 0) is 74.6 Å². The van der Waals surface area contributed by atoms with Gasteiger partial charge in [0, 0.05) is 11.3 Å². The van der Waals surface area contributed by atoms with Gasteiger partial charge in [-0.3, -0.25) is 4.79 Å². The number of nitrogens with one attached hydrogen (secondary N) is 1. The number of carbonyl (C=O) groups excluding carboxylic acids is 1. The fourth-order valence-electron chi connectivity index (χ4n) is 3.23. The Morgan fingerprint density at radius 1 is 1.26 bits per heavy atom. The lowest BCUT2D eigenvalue weighted by Crippen LogP contribution is -2.22. The first-order valence-corrected chi connectivity index (χ1v) is 7.07. The predicted molar refractivity (Wildman–Crippen MR) is 76.3 cm³/mol. The molecular weight excluding hydrogens is 236 g/mol. The van der Waals surface area contributed by atoms with Gasteiger partial charge in [0.05, 0.1) is 0 Å². The number of carbonyl (C=O) groups is 1. The number of hydrogen-bond donors (Lipinski definition) is 1. The lowest BCUT2D eigenvalue weighted by atomic mass is 9.99. The number of aryl methyl sites for hydroxylation is 2. The van der Waals surface area contributed by atoms with Gasteiger partial charge in [-0.1, -0.05) is 6.07 Å². The molecule has 0 radical (unpaired) electrons. The molecule has 2 aliphatic rings. The fourth-order valence-corrected chi connectivity index (χ4v) is 3.23. The van der Waals surface area contributed by atoms with Crippen molar-refractivity contribution in [1.82, 2.24) is 5.43 Å². The van der Waals surface area contributed by atoms with Gasteiger partial charge >= 0.3 is 0 Å². The van der Waals surface area contributed by atoms with Crippen molar-refractivity contribution in [3.63, 3.8) is 0 Å². The Morgan fingerprint density at radius 2 is 2.11 bits per heavy atom. The van der Waals surface area contributed by atoms with Crippen LogP contribution in [0.4, 0.5) is 0 Å². The van der Waals surface area contributed by atoms with Crippen LogP contribution >= 0.6 is 0 Å². The Bertz CT molecular complexity index is 548. The van der Waals surface area contributed by atoms with Crippen molar-refractivity contribution < 1.29 is 4.79 Å². The monoisotopic (exact) mass is 256 g/mol. The highest BCUT2D eigenvalue weighted by molar-refractivity contribution is 5.96. The van der Waals surface area contributed by atoms with Crippen LogP contribution in [0.3, 0.4) is 0 Å². The van der Waals surface area contributed by atoms with Crippen LogP contribution in [0.1, 0.15) is 47.2 Å². The molecule has 1 aromatic rings. The maximum absolute atomic E-state index is 12.1. The fraction of sp³-hybridized carbons (Fsp3) is 0.500. The van der Waals surface area contributed by atoms with Crippen LogP contribution in [0.25, 0.3) is 0 Å². The summed E-state index contributed by atoms with van der Waals surface area (Å²) in [5.74, 6) is 1.35. The molecule has 0 heterocycles. The second kappa shape index (κ2) is 4.80. The van der Waals surface area contributed by atoms with E-state index in [1.54, 1.807) is 0 Å². The molecule has 3 nitrogen and oxygen atoms in total. The molecule has 0 saturated heterocycles. The molecule has 3 rings (SSSR count). The lowest BCUT2D eigenvalue weighted by molar-refractivity contribution is 0.0954. The molecule has 100 valence electrons. The summed E-state index contributed by atoms with van der Waals surface area (Å²) >= 11 is 0. The van der Waals surface area contributed by atoms with Crippen LogP contribution in [0.15, 0.2) is 23.3 Å². The summed E-state index contributed by atoms with van der Waals surface area (Å²) in [6.45, 7) is 4.07. The van der Waals surface area contributed by atoms with E-state index < -0.39 is 0 Å². The molecule has 0 spiro atoms. The number of benzene rings is 1. The summed E-state index contributed by atoms with van der Waals surface area (Å²) in [6.07, 6.45) is 4.95. The van der Waals surface area contributed by atoms with Crippen LogP contribution in [-0.2, 0) is 0 Å². The highest BCUT2D eigenvalue weighted by atomic mass is 16.2. The van der Waals surface area contributed by atoms with Crippen molar-refractivity contribution in [2.45, 2.75) is 39.5 Å². The Labute approximate surface area is 114 Å². The van der Waals surface area contributed by atoms with Gasteiger partial charge in [0.15, 0.2) is 0 Å². The molecule has 2 aliphatic carbocycles. The highest BCUT2D eigenvalue weighted by Crippen LogP contribution is 2.42. The second-order valence-corrected chi connectivity index (χ2v) is 5.92. The third-order valence-corrected chi connectivity index (χ3v) is 4.58. The molecule has 0 aromatic heterocycles. The van der Waals surface area contributed by atoms with Gasteiger partial charge < -0.3 is 0 Å². The largest absolute Gasteiger partial charge is 0.271 e. The highest BCUT2D eigenvalue weighted by Gasteiger charge is 2.36. The zero-order valence-corrected chi connectivity index (χ0v) is 11.6. The minimum Gasteiger partial charge on any atom is -0.267 e. The van der Waals surface area contributed by atoms with Gasteiger partial charge in [0.1, 0.15) is 0 Å². The molecule has 1 aromatic carbocycles. The van der Waals surface area contributed by atoms with E-state index in [2.05, 4.69) is 10.5 Å². The maximum Gasteiger partial charge on any atom is 0.271 e. The summed E-state index contributed by atoms with van der Waals surface area (Å²) in [6, 6.07) is 5.76. The number of nitrogens with zero attached hydrogens (tertiary/aromatic N) is 1. The average molecular weight is 256 g/mol. The maximum atomic E-state index is 12.1. The molecule has 3 heteroatoms. The van der Waals surface area contributed by atoms with Crippen LogP contribution in [0, 0.1) is 25.7 Å². The van der Waals surface area contributed by atoms with Crippen molar-refractivity contribution >= 4 is 11.6 Å². The normalized spacial score (nSPS) is 26.9. The quantitative estimate of drug-likeness (QED) is 0.811. The summed E-state index contributed by atoms with van der Waals surface area (Å²) in [5.41, 5.74) is 6.96. The van der Waals surface area contributed by atoms with Crippen molar-refractivity contribution in [3.8, 4) is 0 Å². The van der Waals surface area contributed by atoms with Gasteiger partial charge in [-0.2, -0.15) is 5.10 Å². The molecule has 2 bridgehead atoms. The van der Waals surface area contributed by atoms with E-state index in [9.17, 15) is 4.79 Å².